The summed E-state index contributed by atoms with van der Waals surface area (Å²) in [4.78, 5) is 50.7. The van der Waals surface area contributed by atoms with Gasteiger partial charge in [0.05, 0.1) is 5.92 Å². The molecule has 1 aliphatic heterocycles. The average molecular weight is 563 g/mol. The van der Waals surface area contributed by atoms with Gasteiger partial charge in [-0.3, -0.25) is 19.2 Å². The Balaban J connectivity index is 0.00000336. The van der Waals surface area contributed by atoms with Gasteiger partial charge in [-0.25, -0.2) is 0 Å². The number of amides is 4. The number of carbonyl (C=O) groups excluding carboxylic acids is 4. The van der Waals surface area contributed by atoms with Gasteiger partial charge in [0.25, 0.3) is 0 Å². The van der Waals surface area contributed by atoms with Gasteiger partial charge >= 0.3 is 0 Å². The minimum Gasteiger partial charge on any atom is -0.352 e. The number of nitrogens with one attached hydrogen (secondary N) is 4. The van der Waals surface area contributed by atoms with E-state index in [-0.39, 0.29) is 29.7 Å². The Morgan fingerprint density at radius 2 is 1.69 bits per heavy atom. The van der Waals surface area contributed by atoms with Gasteiger partial charge in [0.2, 0.25) is 23.6 Å². The van der Waals surface area contributed by atoms with Crippen LogP contribution < -0.4 is 21.3 Å². The zero-order valence-electron chi connectivity index (χ0n) is 25.2. The minimum absolute atomic E-state index is 0.195. The molecule has 0 bridgehead atoms. The lowest BCUT2D eigenvalue weighted by Crippen LogP contribution is -2.57. The number of hydrogen-bond donors (Lipinski definition) is 4. The highest BCUT2D eigenvalue weighted by molar-refractivity contribution is 7.99. The van der Waals surface area contributed by atoms with Gasteiger partial charge in [-0.2, -0.15) is 11.8 Å². The highest BCUT2D eigenvalue weighted by atomic mass is 32.2. The molecule has 0 aromatic rings. The van der Waals surface area contributed by atoms with E-state index in [0.29, 0.717) is 18.1 Å². The molecule has 0 aromatic heterocycles. The van der Waals surface area contributed by atoms with Gasteiger partial charge < -0.3 is 21.3 Å². The van der Waals surface area contributed by atoms with Crippen LogP contribution in [0.5, 0.6) is 0 Å². The van der Waals surface area contributed by atoms with Gasteiger partial charge in [-0.05, 0) is 45.1 Å². The summed E-state index contributed by atoms with van der Waals surface area (Å²) < 4.78 is 0. The molecule has 0 saturated carbocycles. The third kappa shape index (κ3) is 16.0. The fourth-order valence-electron chi connectivity index (χ4n) is 3.17. The van der Waals surface area contributed by atoms with E-state index in [0.717, 1.165) is 17.1 Å². The number of allylic oxidation sites excluding steroid dienone is 4. The van der Waals surface area contributed by atoms with Crippen LogP contribution in [0.4, 0.5) is 0 Å². The quantitative estimate of drug-likeness (QED) is 0.335. The van der Waals surface area contributed by atoms with E-state index in [1.165, 1.54) is 17.8 Å². The molecule has 1 unspecified atom stereocenters. The molecular formula is C30H50N4O4S. The molecule has 0 radical (unpaired) electrons. The molecule has 0 aromatic carbocycles. The van der Waals surface area contributed by atoms with Crippen molar-refractivity contribution in [3.05, 3.63) is 48.1 Å². The summed E-state index contributed by atoms with van der Waals surface area (Å²) in [6, 6.07) is -1.98. The second-order valence-corrected chi connectivity index (χ2v) is 12.0. The van der Waals surface area contributed by atoms with Crippen LogP contribution in [0.1, 0.15) is 62.3 Å². The standard InChI is InChI=1S/C26H40N4O4S.C4H10/c1-8-20(11-9-16(2)3)19(7)24(32)30-23(17(4)5)26(34)29-21-15-35-14-13-27-22(31)12-10-18(6)28-25(21)33;1-4(2)3/h8-12,17-19,21,23H,1,13-15H2,2-7H3,(H,27,31)(H,28,33)(H,29,34)(H,30,32);4H,1-3H3/b12-10+,20-11+;/t18-,19-,21-,23?;/m0./s1. The summed E-state index contributed by atoms with van der Waals surface area (Å²) in [6.45, 7) is 21.9. The van der Waals surface area contributed by atoms with Crippen LogP contribution in [-0.2, 0) is 19.2 Å². The summed E-state index contributed by atoms with van der Waals surface area (Å²) in [7, 11) is 0. The number of thioether (sulfide) groups is 1. The van der Waals surface area contributed by atoms with Crippen LogP contribution in [0.2, 0.25) is 0 Å². The second kappa shape index (κ2) is 19.3. The van der Waals surface area contributed by atoms with Crippen molar-refractivity contribution in [2.45, 2.75) is 80.4 Å². The number of rotatable bonds is 8. The SMILES string of the molecule is C=C/C(=C\C=C(C)C)[C@H](C)C(=O)NC(C(=O)N[C@H]1CSCCNC(=O)/C=C/[C@H](C)NC1=O)C(C)C.CC(C)C. The smallest absolute Gasteiger partial charge is 0.243 e. The Bertz CT molecular complexity index is 917. The second-order valence-electron chi connectivity index (χ2n) is 10.9. The first-order valence-electron chi connectivity index (χ1n) is 13.6. The first-order valence-corrected chi connectivity index (χ1v) is 14.8. The molecule has 0 spiro atoms. The van der Waals surface area contributed by atoms with Crippen molar-refractivity contribution in [1.82, 2.24) is 21.3 Å². The maximum Gasteiger partial charge on any atom is 0.243 e. The summed E-state index contributed by atoms with van der Waals surface area (Å²) in [6.07, 6.45) is 8.38. The average Bonchev–Trinajstić information content (AvgIpc) is 2.83. The summed E-state index contributed by atoms with van der Waals surface area (Å²) in [5, 5.41) is 11.2. The Hall–Kier alpha value is -2.81. The highest BCUT2D eigenvalue weighted by Gasteiger charge is 2.30. The third-order valence-corrected chi connectivity index (χ3v) is 6.42. The van der Waals surface area contributed by atoms with Crippen molar-refractivity contribution in [2.24, 2.45) is 17.8 Å². The zero-order valence-corrected chi connectivity index (χ0v) is 26.0. The molecular weight excluding hydrogens is 512 g/mol. The number of hydrogen-bond acceptors (Lipinski definition) is 5. The summed E-state index contributed by atoms with van der Waals surface area (Å²) >= 11 is 1.45. The fourth-order valence-corrected chi connectivity index (χ4v) is 4.06. The minimum atomic E-state index is -0.810. The van der Waals surface area contributed by atoms with Crippen LogP contribution in [-0.4, -0.2) is 59.8 Å². The summed E-state index contributed by atoms with van der Waals surface area (Å²) in [5.41, 5.74) is 1.84. The Morgan fingerprint density at radius 3 is 2.23 bits per heavy atom. The van der Waals surface area contributed by atoms with Crippen molar-refractivity contribution < 1.29 is 19.2 Å². The van der Waals surface area contributed by atoms with Gasteiger partial charge in [0.1, 0.15) is 12.1 Å². The van der Waals surface area contributed by atoms with Crippen molar-refractivity contribution >= 4 is 35.4 Å². The Labute approximate surface area is 240 Å². The van der Waals surface area contributed by atoms with Gasteiger partial charge in [-0.1, -0.05) is 71.1 Å². The van der Waals surface area contributed by atoms with E-state index in [2.05, 4.69) is 48.6 Å². The van der Waals surface area contributed by atoms with Crippen molar-refractivity contribution in [3.8, 4) is 0 Å². The zero-order chi connectivity index (χ0) is 30.1. The van der Waals surface area contributed by atoms with E-state index in [9.17, 15) is 19.2 Å². The van der Waals surface area contributed by atoms with Crippen LogP contribution in [0.25, 0.3) is 0 Å². The monoisotopic (exact) mass is 562 g/mol. The van der Waals surface area contributed by atoms with Crippen LogP contribution in [0.3, 0.4) is 0 Å². The first kappa shape index (κ1) is 36.2. The molecule has 9 heteroatoms. The predicted molar refractivity (Wildman–Crippen MR) is 163 cm³/mol. The van der Waals surface area contributed by atoms with E-state index >= 15 is 0 Å². The van der Waals surface area contributed by atoms with E-state index in [1.807, 2.05) is 39.8 Å². The maximum absolute atomic E-state index is 13.2. The molecule has 4 amide bonds. The molecule has 1 heterocycles. The third-order valence-electron chi connectivity index (χ3n) is 5.35. The van der Waals surface area contributed by atoms with Crippen LogP contribution in [0.15, 0.2) is 48.1 Å². The molecule has 8 nitrogen and oxygen atoms in total. The Morgan fingerprint density at radius 1 is 1.08 bits per heavy atom. The van der Waals surface area contributed by atoms with E-state index < -0.39 is 23.9 Å². The normalized spacial score (nSPS) is 20.9. The topological polar surface area (TPSA) is 116 Å². The first-order chi connectivity index (χ1) is 18.2. The maximum atomic E-state index is 13.2. The van der Waals surface area contributed by atoms with Crippen molar-refractivity contribution in [2.75, 3.05) is 18.1 Å². The molecule has 0 aliphatic carbocycles. The molecule has 1 aliphatic rings. The van der Waals surface area contributed by atoms with Gasteiger partial charge in [0, 0.05) is 30.2 Å². The largest absolute Gasteiger partial charge is 0.352 e. The molecule has 4 N–H and O–H groups in total. The molecule has 220 valence electrons. The van der Waals surface area contributed by atoms with E-state index in [4.69, 9.17) is 0 Å². The lowest BCUT2D eigenvalue weighted by atomic mass is 9.97. The van der Waals surface area contributed by atoms with Gasteiger partial charge in [0.15, 0.2) is 0 Å². The molecule has 0 fully saturated rings. The van der Waals surface area contributed by atoms with Gasteiger partial charge in [-0.15, -0.1) is 0 Å². The Kier molecular flexibility index (Phi) is 17.9. The molecule has 39 heavy (non-hydrogen) atoms. The molecule has 4 atom stereocenters. The molecule has 1 rings (SSSR count). The van der Waals surface area contributed by atoms with Crippen molar-refractivity contribution in [1.29, 1.82) is 0 Å². The predicted octanol–water partition coefficient (Wildman–Crippen LogP) is 3.91. The number of carbonyl (C=O) groups is 4. The van der Waals surface area contributed by atoms with E-state index in [1.54, 1.807) is 26.0 Å². The van der Waals surface area contributed by atoms with Crippen LogP contribution in [0, 0.1) is 17.8 Å². The fraction of sp³-hybridized carbons (Fsp3) is 0.600. The molecule has 0 saturated heterocycles. The lowest BCUT2D eigenvalue weighted by molar-refractivity contribution is -0.133. The highest BCUT2D eigenvalue weighted by Crippen LogP contribution is 2.15. The van der Waals surface area contributed by atoms with Crippen LogP contribution >= 0.6 is 11.8 Å². The lowest BCUT2D eigenvalue weighted by Gasteiger charge is -2.27. The summed E-state index contributed by atoms with van der Waals surface area (Å²) in [5.74, 6) is -0.192. The van der Waals surface area contributed by atoms with Crippen molar-refractivity contribution in [3.63, 3.8) is 0 Å².